The maximum Gasteiger partial charge on any atom is 0.262 e. The number of ether oxygens (including phenoxy) is 3. The molecule has 4 aromatic rings. The molecule has 0 saturated carbocycles. The highest BCUT2D eigenvalue weighted by Gasteiger charge is 2.14. The molecule has 0 bridgehead atoms. The van der Waals surface area contributed by atoms with Crippen molar-refractivity contribution in [1.82, 2.24) is 20.2 Å². The number of aromatic nitrogens is 4. The summed E-state index contributed by atoms with van der Waals surface area (Å²) in [6, 6.07) is 18.8. The summed E-state index contributed by atoms with van der Waals surface area (Å²) in [7, 11) is 2.98. The van der Waals surface area contributed by atoms with Crippen molar-refractivity contribution in [3.05, 3.63) is 78.6 Å². The molecule has 0 spiro atoms. The number of anilines is 2. The molecule has 0 unspecified atom stereocenters. The summed E-state index contributed by atoms with van der Waals surface area (Å²) in [5, 5.41) is 16.6. The third-order valence-corrected chi connectivity index (χ3v) is 4.90. The van der Waals surface area contributed by atoms with Gasteiger partial charge in [0, 0.05) is 11.3 Å². The van der Waals surface area contributed by atoms with Crippen LogP contribution in [0.2, 0.25) is 0 Å². The zero-order valence-electron chi connectivity index (χ0n) is 19.0. The predicted octanol–water partition coefficient (Wildman–Crippen LogP) is 2.95. The Morgan fingerprint density at radius 1 is 0.886 bits per heavy atom. The maximum atomic E-state index is 12.7. The zero-order valence-corrected chi connectivity index (χ0v) is 19.0. The minimum absolute atomic E-state index is 0.256. The van der Waals surface area contributed by atoms with Gasteiger partial charge in [-0.1, -0.05) is 12.1 Å². The van der Waals surface area contributed by atoms with Crippen molar-refractivity contribution in [2.24, 2.45) is 0 Å². The molecule has 0 aliphatic rings. The summed E-state index contributed by atoms with van der Waals surface area (Å²) in [6.45, 7) is -0.256. The van der Waals surface area contributed by atoms with Crippen molar-refractivity contribution >= 4 is 23.2 Å². The number of tetrazole rings is 1. The fourth-order valence-electron chi connectivity index (χ4n) is 3.19. The van der Waals surface area contributed by atoms with E-state index in [1.54, 1.807) is 60.7 Å². The average molecular weight is 474 g/mol. The highest BCUT2D eigenvalue weighted by Crippen LogP contribution is 2.29. The van der Waals surface area contributed by atoms with Crippen molar-refractivity contribution in [2.45, 2.75) is 0 Å². The monoisotopic (exact) mass is 474 g/mol. The molecule has 0 aliphatic carbocycles. The number of methoxy groups -OCH3 is 2. The second-order valence-corrected chi connectivity index (χ2v) is 7.16. The first-order valence-corrected chi connectivity index (χ1v) is 10.5. The number of nitrogens with one attached hydrogen (secondary N) is 2. The van der Waals surface area contributed by atoms with Crippen molar-refractivity contribution < 1.29 is 23.8 Å². The molecular formula is C24H22N6O5. The molecule has 35 heavy (non-hydrogen) atoms. The highest BCUT2D eigenvalue weighted by atomic mass is 16.5. The van der Waals surface area contributed by atoms with Crippen molar-refractivity contribution in [2.75, 3.05) is 31.5 Å². The molecule has 1 heterocycles. The van der Waals surface area contributed by atoms with Crippen LogP contribution in [0, 0.1) is 0 Å². The van der Waals surface area contributed by atoms with Crippen LogP contribution >= 0.6 is 0 Å². The largest absolute Gasteiger partial charge is 0.495 e. The second kappa shape index (κ2) is 10.8. The van der Waals surface area contributed by atoms with Gasteiger partial charge >= 0.3 is 0 Å². The Hall–Kier alpha value is -4.93. The van der Waals surface area contributed by atoms with E-state index in [0.29, 0.717) is 34.2 Å². The van der Waals surface area contributed by atoms with E-state index in [9.17, 15) is 9.59 Å². The van der Waals surface area contributed by atoms with Gasteiger partial charge in [0.2, 0.25) is 0 Å². The molecular weight excluding hydrogens is 452 g/mol. The topological polar surface area (TPSA) is 129 Å². The van der Waals surface area contributed by atoms with Crippen LogP contribution in [-0.4, -0.2) is 52.8 Å². The van der Waals surface area contributed by atoms with Gasteiger partial charge in [-0.05, 0) is 65.0 Å². The minimum Gasteiger partial charge on any atom is -0.495 e. The van der Waals surface area contributed by atoms with Gasteiger partial charge in [-0.3, -0.25) is 9.59 Å². The van der Waals surface area contributed by atoms with Crippen LogP contribution < -0.4 is 24.8 Å². The second-order valence-electron chi connectivity index (χ2n) is 7.16. The number of hydrogen-bond acceptors (Lipinski definition) is 8. The normalized spacial score (nSPS) is 10.3. The number of carbonyl (C=O) groups is 2. The van der Waals surface area contributed by atoms with Crippen molar-refractivity contribution in [1.29, 1.82) is 0 Å². The lowest BCUT2D eigenvalue weighted by Crippen LogP contribution is -2.20. The van der Waals surface area contributed by atoms with Crippen LogP contribution in [0.1, 0.15) is 10.4 Å². The minimum atomic E-state index is -0.372. The fourth-order valence-corrected chi connectivity index (χ4v) is 3.19. The Kier molecular flexibility index (Phi) is 7.16. The van der Waals surface area contributed by atoms with E-state index >= 15 is 0 Å². The van der Waals surface area contributed by atoms with Gasteiger partial charge in [-0.15, -0.1) is 5.10 Å². The summed E-state index contributed by atoms with van der Waals surface area (Å²) >= 11 is 0. The average Bonchev–Trinajstić information content (AvgIpc) is 3.43. The first kappa shape index (κ1) is 23.2. The van der Waals surface area contributed by atoms with Crippen LogP contribution in [0.4, 0.5) is 11.4 Å². The van der Waals surface area contributed by atoms with Gasteiger partial charge in [-0.25, -0.2) is 4.68 Å². The van der Waals surface area contributed by atoms with E-state index in [-0.39, 0.29) is 18.4 Å². The van der Waals surface area contributed by atoms with E-state index in [4.69, 9.17) is 14.2 Å². The third-order valence-electron chi connectivity index (χ3n) is 4.90. The summed E-state index contributed by atoms with van der Waals surface area (Å²) in [5.74, 6) is 0.475. The SMILES string of the molecule is COc1ccccc1NC(=O)COc1ccc(C(=O)Nc2ccc(-n3cnnn3)cc2)cc1OC. The quantitative estimate of drug-likeness (QED) is 0.379. The molecule has 0 aliphatic heterocycles. The van der Waals surface area contributed by atoms with Gasteiger partial charge in [0.05, 0.1) is 25.6 Å². The number of hydrogen-bond donors (Lipinski definition) is 2. The van der Waals surface area contributed by atoms with Crippen LogP contribution in [0.15, 0.2) is 73.1 Å². The molecule has 11 heteroatoms. The number of carbonyl (C=O) groups excluding carboxylic acids is 2. The third kappa shape index (κ3) is 5.71. The van der Waals surface area contributed by atoms with E-state index < -0.39 is 0 Å². The lowest BCUT2D eigenvalue weighted by atomic mass is 10.1. The Balaban J connectivity index is 1.37. The first-order chi connectivity index (χ1) is 17.1. The van der Waals surface area contributed by atoms with Crippen molar-refractivity contribution in [3.8, 4) is 22.9 Å². The molecule has 2 N–H and O–H groups in total. The van der Waals surface area contributed by atoms with Crippen LogP contribution in [0.25, 0.3) is 5.69 Å². The predicted molar refractivity (Wildman–Crippen MR) is 127 cm³/mol. The lowest BCUT2D eigenvalue weighted by Gasteiger charge is -2.13. The molecule has 0 radical (unpaired) electrons. The Bertz CT molecular complexity index is 1310. The number of benzene rings is 3. The number of nitrogens with zero attached hydrogens (tertiary/aromatic N) is 4. The standard InChI is InChI=1S/C24H22N6O5/c1-33-20-6-4-3-5-19(20)27-23(31)14-35-21-12-7-16(13-22(21)34-2)24(32)26-17-8-10-18(11-9-17)30-15-25-28-29-30/h3-13,15H,14H2,1-2H3,(H,26,32)(H,27,31). The van der Waals surface area contributed by atoms with Crippen molar-refractivity contribution in [3.63, 3.8) is 0 Å². The summed E-state index contributed by atoms with van der Waals surface area (Å²) < 4.78 is 17.7. The Morgan fingerprint density at radius 3 is 2.37 bits per heavy atom. The van der Waals surface area contributed by atoms with Gasteiger partial charge in [0.25, 0.3) is 11.8 Å². The summed E-state index contributed by atoms with van der Waals surface area (Å²) in [6.07, 6.45) is 1.48. The van der Waals surface area contributed by atoms with Crippen LogP contribution in [0.3, 0.4) is 0 Å². The van der Waals surface area contributed by atoms with Gasteiger partial charge in [-0.2, -0.15) is 0 Å². The van der Waals surface area contributed by atoms with E-state index in [0.717, 1.165) is 5.69 Å². The first-order valence-electron chi connectivity index (χ1n) is 10.5. The van der Waals surface area contributed by atoms with Gasteiger partial charge in [0.15, 0.2) is 18.1 Å². The van der Waals surface area contributed by atoms with Crippen LogP contribution in [0.5, 0.6) is 17.2 Å². The molecule has 4 rings (SSSR count). The molecule has 1 aromatic heterocycles. The number of rotatable bonds is 9. The van der Waals surface area contributed by atoms with E-state index in [2.05, 4.69) is 26.2 Å². The van der Waals surface area contributed by atoms with Gasteiger partial charge in [0.1, 0.15) is 12.1 Å². The maximum absolute atomic E-state index is 12.7. The molecule has 0 saturated heterocycles. The van der Waals surface area contributed by atoms with E-state index in [1.165, 1.54) is 31.3 Å². The molecule has 0 fully saturated rings. The highest BCUT2D eigenvalue weighted by molar-refractivity contribution is 6.04. The molecule has 2 amide bonds. The molecule has 11 nitrogen and oxygen atoms in total. The van der Waals surface area contributed by atoms with Gasteiger partial charge < -0.3 is 24.8 Å². The lowest BCUT2D eigenvalue weighted by molar-refractivity contribution is -0.118. The summed E-state index contributed by atoms with van der Waals surface area (Å²) in [5.41, 5.74) is 2.25. The summed E-state index contributed by atoms with van der Waals surface area (Å²) in [4.78, 5) is 25.0. The molecule has 178 valence electrons. The number of amides is 2. The fraction of sp³-hybridized carbons (Fsp3) is 0.125. The zero-order chi connectivity index (χ0) is 24.6. The Labute approximate surface area is 200 Å². The van der Waals surface area contributed by atoms with E-state index in [1.807, 2.05) is 0 Å². The molecule has 3 aromatic carbocycles. The molecule has 0 atom stereocenters. The Morgan fingerprint density at radius 2 is 1.66 bits per heavy atom. The van der Waals surface area contributed by atoms with Crippen LogP contribution in [-0.2, 0) is 4.79 Å². The smallest absolute Gasteiger partial charge is 0.262 e. The number of para-hydroxylation sites is 2.